The summed E-state index contributed by atoms with van der Waals surface area (Å²) in [7, 11) is -4.99. The number of sulfone groups is 1. The van der Waals surface area contributed by atoms with Crippen molar-refractivity contribution in [2.75, 3.05) is 26.4 Å². The molecule has 1 fully saturated rings. The first-order chi connectivity index (χ1) is 9.75. The molecule has 0 amide bonds. The zero-order valence-corrected chi connectivity index (χ0v) is 13.7. The summed E-state index contributed by atoms with van der Waals surface area (Å²) in [5, 5.41) is 3.15. The number of benzene rings is 1. The summed E-state index contributed by atoms with van der Waals surface area (Å²) in [6.07, 6.45) is 2.65. The Morgan fingerprint density at radius 2 is 1.48 bits per heavy atom. The molecular formula is C13H20N2O4S2. The Bertz CT molecular complexity index is 688. The molecule has 0 radical (unpaired) electrons. The molecule has 0 unspecified atom stereocenters. The van der Waals surface area contributed by atoms with E-state index in [-0.39, 0.29) is 9.79 Å². The van der Waals surface area contributed by atoms with Crippen LogP contribution >= 0.6 is 0 Å². The minimum Gasteiger partial charge on any atom is -0.317 e. The minimum atomic E-state index is -3.55. The topological polar surface area (TPSA) is 83.6 Å². The Morgan fingerprint density at radius 3 is 1.90 bits per heavy atom. The highest BCUT2D eigenvalue weighted by atomic mass is 32.2. The third-order valence-corrected chi connectivity index (χ3v) is 6.79. The molecular weight excluding hydrogens is 312 g/mol. The lowest BCUT2D eigenvalue weighted by Crippen LogP contribution is -2.43. The molecule has 1 aromatic rings. The Labute approximate surface area is 126 Å². The van der Waals surface area contributed by atoms with E-state index < -0.39 is 19.9 Å². The first kappa shape index (κ1) is 16.4. The maximum Gasteiger partial charge on any atom is 0.243 e. The van der Waals surface area contributed by atoms with E-state index >= 15 is 0 Å². The fourth-order valence-corrected chi connectivity index (χ4v) is 4.49. The van der Waals surface area contributed by atoms with Crippen molar-refractivity contribution >= 4 is 19.9 Å². The third kappa shape index (κ3) is 3.63. The summed E-state index contributed by atoms with van der Waals surface area (Å²) in [6, 6.07) is 5.74. The first-order valence-corrected chi connectivity index (χ1v) is 10.1. The molecule has 0 atom stereocenters. The largest absolute Gasteiger partial charge is 0.317 e. The van der Waals surface area contributed by atoms with Crippen LogP contribution in [0, 0.1) is 0 Å². The maximum atomic E-state index is 12.5. The number of nitrogens with zero attached hydrogens (tertiary/aromatic N) is 1. The fraction of sp³-hybridized carbons (Fsp3) is 0.538. The molecule has 0 aliphatic carbocycles. The molecule has 118 valence electrons. The fourth-order valence-electron chi connectivity index (χ4n) is 2.39. The van der Waals surface area contributed by atoms with E-state index in [1.54, 1.807) is 0 Å². The summed E-state index contributed by atoms with van der Waals surface area (Å²) in [5.74, 6) is 0. The molecule has 1 aliphatic rings. The second-order valence-corrected chi connectivity index (χ2v) is 9.16. The van der Waals surface area contributed by atoms with Crippen molar-refractivity contribution < 1.29 is 16.8 Å². The Balaban J connectivity index is 2.21. The van der Waals surface area contributed by atoms with E-state index in [1.165, 1.54) is 28.6 Å². The van der Waals surface area contributed by atoms with Crippen molar-refractivity contribution in [3.8, 4) is 0 Å². The predicted molar refractivity (Wildman–Crippen MR) is 80.4 cm³/mol. The van der Waals surface area contributed by atoms with Gasteiger partial charge < -0.3 is 5.32 Å². The van der Waals surface area contributed by atoms with Crippen LogP contribution in [0.5, 0.6) is 0 Å². The molecule has 0 bridgehead atoms. The molecule has 1 aromatic carbocycles. The van der Waals surface area contributed by atoms with Crippen molar-refractivity contribution in [1.29, 1.82) is 0 Å². The maximum absolute atomic E-state index is 12.5. The van der Waals surface area contributed by atoms with Crippen LogP contribution in [-0.4, -0.2) is 53.6 Å². The predicted octanol–water partition coefficient (Wildman–Crippen LogP) is 0.463. The van der Waals surface area contributed by atoms with Gasteiger partial charge in [-0.3, -0.25) is 0 Å². The van der Waals surface area contributed by atoms with E-state index in [9.17, 15) is 16.8 Å². The van der Waals surface area contributed by atoms with Crippen LogP contribution in [-0.2, 0) is 19.9 Å². The van der Waals surface area contributed by atoms with E-state index in [0.29, 0.717) is 19.1 Å². The number of rotatable bonds is 4. The van der Waals surface area contributed by atoms with Gasteiger partial charge in [-0.15, -0.1) is 0 Å². The van der Waals surface area contributed by atoms with Crippen LogP contribution < -0.4 is 5.32 Å². The van der Waals surface area contributed by atoms with Gasteiger partial charge >= 0.3 is 0 Å². The van der Waals surface area contributed by atoms with Crippen LogP contribution in [0.25, 0.3) is 0 Å². The Hall–Kier alpha value is -0.960. The zero-order chi connectivity index (χ0) is 15.7. The molecule has 0 saturated carbocycles. The third-order valence-electron chi connectivity index (χ3n) is 3.75. The second kappa shape index (κ2) is 6.04. The van der Waals surface area contributed by atoms with E-state index in [0.717, 1.165) is 19.1 Å². The lowest BCUT2D eigenvalue weighted by atomic mass is 10.1. The van der Waals surface area contributed by atoms with Crippen molar-refractivity contribution in [3.05, 3.63) is 24.3 Å². The van der Waals surface area contributed by atoms with Gasteiger partial charge in [0.25, 0.3) is 0 Å². The van der Waals surface area contributed by atoms with Crippen molar-refractivity contribution in [1.82, 2.24) is 9.62 Å². The summed E-state index contributed by atoms with van der Waals surface area (Å²) >= 11 is 0. The van der Waals surface area contributed by atoms with Gasteiger partial charge in [0.2, 0.25) is 10.0 Å². The van der Waals surface area contributed by atoms with Crippen LogP contribution in [0.3, 0.4) is 0 Å². The van der Waals surface area contributed by atoms with E-state index in [1.807, 2.05) is 7.05 Å². The quantitative estimate of drug-likeness (QED) is 0.866. The first-order valence-electron chi connectivity index (χ1n) is 6.72. The van der Waals surface area contributed by atoms with Gasteiger partial charge in [0.05, 0.1) is 9.79 Å². The van der Waals surface area contributed by atoms with Gasteiger partial charge in [0.15, 0.2) is 9.84 Å². The summed E-state index contributed by atoms with van der Waals surface area (Å²) in [4.78, 5) is 0.258. The summed E-state index contributed by atoms with van der Waals surface area (Å²) in [5.41, 5.74) is 0. The van der Waals surface area contributed by atoms with Gasteiger partial charge in [0, 0.05) is 25.4 Å². The van der Waals surface area contributed by atoms with Crippen LogP contribution in [0.4, 0.5) is 0 Å². The molecule has 8 heteroatoms. The van der Waals surface area contributed by atoms with Crippen LogP contribution in [0.1, 0.15) is 12.8 Å². The SMILES string of the molecule is CNC1CCN(S(=O)(=O)c2ccc(S(C)(=O)=O)cc2)CC1. The monoisotopic (exact) mass is 332 g/mol. The molecule has 1 heterocycles. The van der Waals surface area contributed by atoms with Gasteiger partial charge in [-0.05, 0) is 44.2 Å². The van der Waals surface area contributed by atoms with Gasteiger partial charge in [-0.1, -0.05) is 0 Å². The Kier molecular flexibility index (Phi) is 4.72. The van der Waals surface area contributed by atoms with Crippen molar-refractivity contribution in [3.63, 3.8) is 0 Å². The van der Waals surface area contributed by atoms with Crippen molar-refractivity contribution in [2.45, 2.75) is 28.7 Å². The average molecular weight is 332 g/mol. The van der Waals surface area contributed by atoms with Crippen LogP contribution in [0.2, 0.25) is 0 Å². The van der Waals surface area contributed by atoms with Crippen molar-refractivity contribution in [2.24, 2.45) is 0 Å². The minimum absolute atomic E-state index is 0.121. The second-order valence-electron chi connectivity index (χ2n) is 5.21. The number of sulfonamides is 1. The molecule has 21 heavy (non-hydrogen) atoms. The molecule has 1 saturated heterocycles. The highest BCUT2D eigenvalue weighted by molar-refractivity contribution is 7.90. The van der Waals surface area contributed by atoms with Crippen LogP contribution in [0.15, 0.2) is 34.1 Å². The average Bonchev–Trinajstić information content (AvgIpc) is 2.46. The highest BCUT2D eigenvalue weighted by Crippen LogP contribution is 2.22. The normalized spacial score (nSPS) is 18.8. The van der Waals surface area contributed by atoms with Gasteiger partial charge in [-0.2, -0.15) is 4.31 Å². The molecule has 6 nitrogen and oxygen atoms in total. The lowest BCUT2D eigenvalue weighted by molar-refractivity contribution is 0.298. The van der Waals surface area contributed by atoms with E-state index in [4.69, 9.17) is 0 Å². The zero-order valence-electron chi connectivity index (χ0n) is 12.1. The number of hydrogen-bond donors (Lipinski definition) is 1. The number of hydrogen-bond acceptors (Lipinski definition) is 5. The molecule has 0 spiro atoms. The van der Waals surface area contributed by atoms with Gasteiger partial charge in [0.1, 0.15) is 0 Å². The number of piperidine rings is 1. The van der Waals surface area contributed by atoms with E-state index in [2.05, 4.69) is 5.32 Å². The summed E-state index contributed by atoms with van der Waals surface area (Å²) < 4.78 is 49.2. The Morgan fingerprint density at radius 1 is 1.00 bits per heavy atom. The smallest absolute Gasteiger partial charge is 0.243 e. The lowest BCUT2D eigenvalue weighted by Gasteiger charge is -2.31. The molecule has 0 aromatic heterocycles. The highest BCUT2D eigenvalue weighted by Gasteiger charge is 2.28. The standard InChI is InChI=1S/C13H20N2O4S2/c1-14-11-7-9-15(10-8-11)21(18,19)13-5-3-12(4-6-13)20(2,16)17/h3-6,11,14H,7-10H2,1-2H3. The molecule has 1 N–H and O–H groups in total. The summed E-state index contributed by atoms with van der Waals surface area (Å²) in [6.45, 7) is 0.948. The van der Waals surface area contributed by atoms with Gasteiger partial charge in [-0.25, -0.2) is 16.8 Å². The molecule has 2 rings (SSSR count). The number of nitrogens with one attached hydrogen (secondary N) is 1. The molecule has 1 aliphatic heterocycles.